The van der Waals surface area contributed by atoms with Crippen molar-refractivity contribution in [2.24, 2.45) is 0 Å². The summed E-state index contributed by atoms with van der Waals surface area (Å²) in [5, 5.41) is 2.80. The first-order valence-corrected chi connectivity index (χ1v) is 6.66. The number of hydrogen-bond acceptors (Lipinski definition) is 6. The van der Waals surface area contributed by atoms with Crippen LogP contribution in [0, 0.1) is 0 Å². The highest BCUT2D eigenvalue weighted by molar-refractivity contribution is 9.10. The van der Waals surface area contributed by atoms with E-state index in [2.05, 4.69) is 35.3 Å². The number of halogens is 1. The third kappa shape index (κ3) is 3.15. The number of carbonyl (C=O) groups excluding carboxylic acids is 2. The van der Waals surface area contributed by atoms with Crippen molar-refractivity contribution in [3.05, 3.63) is 40.1 Å². The van der Waals surface area contributed by atoms with Gasteiger partial charge in [-0.05, 0) is 28.1 Å². The topological polar surface area (TPSA) is 81.2 Å². The third-order valence-corrected chi connectivity index (χ3v) is 3.45. The van der Waals surface area contributed by atoms with Crippen LogP contribution in [0.1, 0.15) is 21.0 Å². The average molecular weight is 342 g/mol. The molecule has 1 heterocycles. The molecule has 2 rings (SSSR count). The number of nitrogens with one attached hydrogen (secondary N) is 1. The van der Waals surface area contributed by atoms with Gasteiger partial charge in [0.25, 0.3) is 11.7 Å². The van der Waals surface area contributed by atoms with Crippen LogP contribution in [0.15, 0.2) is 28.7 Å². The van der Waals surface area contributed by atoms with Gasteiger partial charge < -0.3 is 4.74 Å². The monoisotopic (exact) mass is 341 g/mol. The molecule has 0 atom stereocenters. The van der Waals surface area contributed by atoms with Gasteiger partial charge in [0, 0.05) is 16.0 Å². The second-order valence-corrected chi connectivity index (χ2v) is 4.95. The van der Waals surface area contributed by atoms with Crippen molar-refractivity contribution >= 4 is 44.5 Å². The number of nitrogens with zero attached hydrogens (tertiary/aromatic N) is 2. The lowest BCUT2D eigenvalue weighted by Crippen LogP contribution is -2.12. The first-order valence-electron chi connectivity index (χ1n) is 5.09. The predicted octanol–water partition coefficient (Wildman–Crippen LogP) is 2.34. The Labute approximate surface area is 121 Å². The number of anilines is 1. The van der Waals surface area contributed by atoms with Crippen LogP contribution in [0.25, 0.3) is 0 Å². The molecule has 0 radical (unpaired) electrons. The van der Waals surface area contributed by atoms with E-state index in [0.29, 0.717) is 10.0 Å². The molecule has 0 spiro atoms. The van der Waals surface area contributed by atoms with Crippen molar-refractivity contribution in [2.45, 2.75) is 0 Å². The number of ether oxygens (including phenoxy) is 1. The normalized spacial score (nSPS) is 10.0. The predicted molar refractivity (Wildman–Crippen MR) is 73.3 cm³/mol. The van der Waals surface area contributed by atoms with Crippen LogP contribution in [-0.4, -0.2) is 28.3 Å². The van der Waals surface area contributed by atoms with E-state index in [4.69, 9.17) is 0 Å². The zero-order valence-electron chi connectivity index (χ0n) is 9.71. The van der Waals surface area contributed by atoms with Crippen molar-refractivity contribution in [1.29, 1.82) is 0 Å². The lowest BCUT2D eigenvalue weighted by molar-refractivity contribution is 0.0588. The summed E-state index contributed by atoms with van der Waals surface area (Å²) in [6, 6.07) is 6.98. The molecule has 1 amide bonds. The molecule has 98 valence electrons. The molecule has 0 saturated heterocycles. The number of amides is 1. The van der Waals surface area contributed by atoms with Crippen LogP contribution in [0.5, 0.6) is 0 Å². The van der Waals surface area contributed by atoms with Crippen LogP contribution < -0.4 is 5.32 Å². The Kier molecular flexibility index (Phi) is 4.23. The van der Waals surface area contributed by atoms with Crippen molar-refractivity contribution in [3.8, 4) is 0 Å². The Hall–Kier alpha value is -1.80. The van der Waals surface area contributed by atoms with Gasteiger partial charge in [-0.1, -0.05) is 12.1 Å². The first-order chi connectivity index (χ1) is 9.11. The minimum Gasteiger partial charge on any atom is -0.463 e. The van der Waals surface area contributed by atoms with E-state index in [1.165, 1.54) is 7.11 Å². The number of aromatic nitrogens is 2. The molecule has 0 aliphatic rings. The number of esters is 1. The van der Waals surface area contributed by atoms with Crippen molar-refractivity contribution in [3.63, 3.8) is 0 Å². The summed E-state index contributed by atoms with van der Waals surface area (Å²) in [4.78, 5) is 27.0. The molecule has 6 nitrogen and oxygen atoms in total. The molecule has 0 bridgehead atoms. The Morgan fingerprint density at radius 3 is 2.79 bits per heavy atom. The molecular formula is C11H8BrN3O3S. The zero-order chi connectivity index (χ0) is 13.8. The summed E-state index contributed by atoms with van der Waals surface area (Å²) in [7, 11) is 1.24. The lowest BCUT2D eigenvalue weighted by Gasteiger charge is -2.02. The number of benzene rings is 1. The smallest absolute Gasteiger partial charge is 0.377 e. The minimum atomic E-state index is -0.641. The number of methoxy groups -OCH3 is 1. The number of rotatable bonds is 3. The molecule has 0 aliphatic carbocycles. The lowest BCUT2D eigenvalue weighted by atomic mass is 10.2. The van der Waals surface area contributed by atoms with E-state index < -0.39 is 5.97 Å². The highest BCUT2D eigenvalue weighted by Crippen LogP contribution is 2.18. The fraction of sp³-hybridized carbons (Fsp3) is 0.0909. The van der Waals surface area contributed by atoms with E-state index in [0.717, 1.165) is 11.5 Å². The largest absolute Gasteiger partial charge is 0.463 e. The Morgan fingerprint density at radius 2 is 2.11 bits per heavy atom. The molecule has 2 aromatic rings. The maximum absolute atomic E-state index is 12.0. The van der Waals surface area contributed by atoms with Crippen LogP contribution in [0.2, 0.25) is 0 Å². The van der Waals surface area contributed by atoms with Crippen molar-refractivity contribution < 1.29 is 14.3 Å². The second-order valence-electron chi connectivity index (χ2n) is 3.35. The second kappa shape index (κ2) is 5.89. The first kappa shape index (κ1) is 13.6. The Bertz CT molecular complexity index is 629. The van der Waals surface area contributed by atoms with Crippen LogP contribution in [-0.2, 0) is 4.74 Å². The Morgan fingerprint density at radius 1 is 1.37 bits per heavy atom. The van der Waals surface area contributed by atoms with E-state index in [9.17, 15) is 9.59 Å². The summed E-state index contributed by atoms with van der Waals surface area (Å²) in [6.45, 7) is 0. The van der Waals surface area contributed by atoms with Gasteiger partial charge in [-0.2, -0.15) is 9.36 Å². The molecular weight excluding hydrogens is 334 g/mol. The van der Waals surface area contributed by atoms with Gasteiger partial charge >= 0.3 is 5.97 Å². The average Bonchev–Trinajstić information content (AvgIpc) is 2.86. The standard InChI is InChI=1S/C11H8BrN3O3S/c1-18-10(17)8-13-11(19-15-8)14-9(16)6-4-2-3-5-7(6)12/h2-5H,1H3,(H,13,14,15,16). The molecule has 1 aromatic heterocycles. The maximum Gasteiger partial charge on any atom is 0.377 e. The van der Waals surface area contributed by atoms with E-state index in [1.807, 2.05) is 0 Å². The molecule has 19 heavy (non-hydrogen) atoms. The van der Waals surface area contributed by atoms with Gasteiger partial charge in [0.15, 0.2) is 0 Å². The fourth-order valence-electron chi connectivity index (χ4n) is 1.26. The maximum atomic E-state index is 12.0. The summed E-state index contributed by atoms with van der Waals surface area (Å²) < 4.78 is 8.94. The highest BCUT2D eigenvalue weighted by Gasteiger charge is 2.16. The van der Waals surface area contributed by atoms with Crippen LogP contribution in [0.4, 0.5) is 5.13 Å². The van der Waals surface area contributed by atoms with E-state index in [-0.39, 0.29) is 16.9 Å². The Balaban J connectivity index is 2.14. The van der Waals surface area contributed by atoms with Crippen molar-refractivity contribution in [1.82, 2.24) is 9.36 Å². The molecule has 0 saturated carbocycles. The van der Waals surface area contributed by atoms with Crippen LogP contribution in [0.3, 0.4) is 0 Å². The number of carbonyl (C=O) groups is 2. The van der Waals surface area contributed by atoms with Gasteiger partial charge in [-0.25, -0.2) is 4.79 Å². The fourth-order valence-corrected chi connectivity index (χ4v) is 2.28. The van der Waals surface area contributed by atoms with Crippen LogP contribution >= 0.6 is 27.5 Å². The zero-order valence-corrected chi connectivity index (χ0v) is 12.1. The minimum absolute atomic E-state index is 0.0741. The number of hydrogen-bond donors (Lipinski definition) is 1. The molecule has 0 fully saturated rings. The summed E-state index contributed by atoms with van der Waals surface area (Å²) in [5.41, 5.74) is 0.470. The van der Waals surface area contributed by atoms with Crippen molar-refractivity contribution in [2.75, 3.05) is 12.4 Å². The molecule has 0 unspecified atom stereocenters. The SMILES string of the molecule is COC(=O)c1nsc(NC(=O)c2ccccc2Br)n1. The molecule has 8 heteroatoms. The quantitative estimate of drug-likeness (QED) is 0.866. The highest BCUT2D eigenvalue weighted by atomic mass is 79.9. The molecule has 1 N–H and O–H groups in total. The van der Waals surface area contributed by atoms with Gasteiger partial charge in [0.2, 0.25) is 5.13 Å². The van der Waals surface area contributed by atoms with Gasteiger partial charge in [-0.3, -0.25) is 10.1 Å². The van der Waals surface area contributed by atoms with Gasteiger partial charge in [-0.15, -0.1) is 0 Å². The van der Waals surface area contributed by atoms with Gasteiger partial charge in [0.1, 0.15) is 0 Å². The molecule has 1 aromatic carbocycles. The summed E-state index contributed by atoms with van der Waals surface area (Å²) >= 11 is 4.20. The van der Waals surface area contributed by atoms with E-state index >= 15 is 0 Å². The summed E-state index contributed by atoms with van der Waals surface area (Å²) in [5.74, 6) is -1.05. The van der Waals surface area contributed by atoms with Gasteiger partial charge in [0.05, 0.1) is 12.7 Å². The van der Waals surface area contributed by atoms with E-state index in [1.54, 1.807) is 24.3 Å². The molecule has 0 aliphatic heterocycles. The third-order valence-electron chi connectivity index (χ3n) is 2.13. The summed E-state index contributed by atoms with van der Waals surface area (Å²) in [6.07, 6.45) is 0.